The normalized spacial score (nSPS) is 9.78. The van der Waals surface area contributed by atoms with Crippen LogP contribution in [0.25, 0.3) is 0 Å². The lowest BCUT2D eigenvalue weighted by Gasteiger charge is -2.08. The van der Waals surface area contributed by atoms with Crippen molar-refractivity contribution in [1.29, 1.82) is 0 Å². The van der Waals surface area contributed by atoms with Crippen LogP contribution < -0.4 is 10.6 Å². The highest BCUT2D eigenvalue weighted by Gasteiger charge is 2.09. The quantitative estimate of drug-likeness (QED) is 0.625. The van der Waals surface area contributed by atoms with Crippen LogP contribution in [0.5, 0.6) is 0 Å². The van der Waals surface area contributed by atoms with Gasteiger partial charge in [-0.25, -0.2) is 14.8 Å². The van der Waals surface area contributed by atoms with Gasteiger partial charge in [0, 0.05) is 18.3 Å². The number of esters is 1. The molecule has 0 saturated carbocycles. The summed E-state index contributed by atoms with van der Waals surface area (Å²) in [6, 6.07) is 8.28. The number of ether oxygens (including phenoxy) is 1. The van der Waals surface area contributed by atoms with E-state index in [0.717, 1.165) is 0 Å². The average molecular weight is 312 g/mol. The molecule has 7 heteroatoms. The highest BCUT2D eigenvalue weighted by molar-refractivity contribution is 5.93. The molecule has 2 rings (SSSR count). The molecule has 0 unspecified atom stereocenters. The molecule has 0 spiro atoms. The molecule has 0 aliphatic rings. The number of methoxy groups -OCH3 is 1. The summed E-state index contributed by atoms with van der Waals surface area (Å²) in [5.74, 6) is -0.315. The van der Waals surface area contributed by atoms with E-state index in [-0.39, 0.29) is 11.6 Å². The van der Waals surface area contributed by atoms with E-state index >= 15 is 0 Å². The Labute approximate surface area is 133 Å². The third-order valence-corrected chi connectivity index (χ3v) is 2.86. The van der Waals surface area contributed by atoms with Gasteiger partial charge in [-0.2, -0.15) is 0 Å². The first-order chi connectivity index (χ1) is 11.1. The van der Waals surface area contributed by atoms with Gasteiger partial charge < -0.3 is 15.4 Å². The monoisotopic (exact) mass is 312 g/mol. The molecule has 0 saturated heterocycles. The molecule has 2 N–H and O–H groups in total. The van der Waals surface area contributed by atoms with Crippen molar-refractivity contribution < 1.29 is 14.3 Å². The van der Waals surface area contributed by atoms with Crippen molar-refractivity contribution in [3.8, 4) is 0 Å². The molecule has 1 aromatic carbocycles. The van der Waals surface area contributed by atoms with Gasteiger partial charge in [-0.3, -0.25) is 4.79 Å². The van der Waals surface area contributed by atoms with E-state index in [2.05, 4.69) is 31.9 Å². The third kappa shape index (κ3) is 4.37. The lowest BCUT2D eigenvalue weighted by Crippen LogP contribution is -2.24. The third-order valence-electron chi connectivity index (χ3n) is 2.86. The first-order valence-electron chi connectivity index (χ1n) is 6.80. The van der Waals surface area contributed by atoms with Gasteiger partial charge in [0.2, 0.25) is 0 Å². The predicted molar refractivity (Wildman–Crippen MR) is 85.6 cm³/mol. The van der Waals surface area contributed by atoms with Gasteiger partial charge in [0.1, 0.15) is 17.8 Å². The highest BCUT2D eigenvalue weighted by atomic mass is 16.5. The number of hydrogen-bond donors (Lipinski definition) is 2. The Morgan fingerprint density at radius 3 is 2.87 bits per heavy atom. The van der Waals surface area contributed by atoms with E-state index in [1.54, 1.807) is 30.3 Å². The molecule has 23 heavy (non-hydrogen) atoms. The summed E-state index contributed by atoms with van der Waals surface area (Å²) in [5.41, 5.74) is 1.29. The number of amides is 1. The summed E-state index contributed by atoms with van der Waals surface area (Å²) in [4.78, 5) is 31.4. The molecule has 0 atom stereocenters. The second kappa shape index (κ2) is 7.69. The van der Waals surface area contributed by atoms with Gasteiger partial charge in [0.05, 0.1) is 12.7 Å². The van der Waals surface area contributed by atoms with E-state index in [4.69, 9.17) is 0 Å². The Kier molecular flexibility index (Phi) is 5.40. The number of hydrogen-bond acceptors (Lipinski definition) is 6. The zero-order chi connectivity index (χ0) is 16.7. The second-order valence-electron chi connectivity index (χ2n) is 4.48. The molecule has 1 aromatic heterocycles. The number of nitrogens with one attached hydrogen (secondary N) is 2. The lowest BCUT2D eigenvalue weighted by atomic mass is 10.2. The molecule has 0 radical (unpaired) electrons. The number of carbonyl (C=O) groups is 2. The molecule has 118 valence electrons. The van der Waals surface area contributed by atoms with Gasteiger partial charge >= 0.3 is 5.97 Å². The van der Waals surface area contributed by atoms with Gasteiger partial charge in [0.25, 0.3) is 5.91 Å². The number of carbonyl (C=O) groups excluding carboxylic acids is 2. The molecule has 0 bridgehead atoms. The molecule has 7 nitrogen and oxygen atoms in total. The molecule has 2 aromatic rings. The minimum Gasteiger partial charge on any atom is -0.465 e. The summed E-state index contributed by atoms with van der Waals surface area (Å²) < 4.78 is 4.68. The number of rotatable bonds is 6. The van der Waals surface area contributed by atoms with Crippen LogP contribution in [0.1, 0.15) is 20.8 Å². The number of benzene rings is 1. The Hall–Kier alpha value is -3.22. The van der Waals surface area contributed by atoms with E-state index < -0.39 is 5.97 Å². The van der Waals surface area contributed by atoms with Crippen LogP contribution in [0.2, 0.25) is 0 Å². The van der Waals surface area contributed by atoms with Crippen LogP contribution in [0.4, 0.5) is 11.5 Å². The van der Waals surface area contributed by atoms with Crippen molar-refractivity contribution in [2.45, 2.75) is 0 Å². The lowest BCUT2D eigenvalue weighted by molar-refractivity contribution is 0.0600. The van der Waals surface area contributed by atoms with Crippen LogP contribution in [-0.2, 0) is 4.74 Å². The predicted octanol–water partition coefficient (Wildman–Crippen LogP) is 1.92. The molecular weight excluding hydrogens is 296 g/mol. The maximum Gasteiger partial charge on any atom is 0.337 e. The fourth-order valence-corrected chi connectivity index (χ4v) is 1.79. The average Bonchev–Trinajstić information content (AvgIpc) is 2.59. The SMILES string of the molecule is C=CCNC(=O)c1cc(Nc2cccc(C(=O)OC)c2)ncn1. The minimum absolute atomic E-state index is 0.230. The summed E-state index contributed by atoms with van der Waals surface area (Å²) in [7, 11) is 1.32. The first-order valence-corrected chi connectivity index (χ1v) is 6.80. The summed E-state index contributed by atoms with van der Waals surface area (Å²) in [6.07, 6.45) is 2.87. The van der Waals surface area contributed by atoms with E-state index in [1.807, 2.05) is 0 Å². The van der Waals surface area contributed by atoms with Crippen LogP contribution >= 0.6 is 0 Å². The van der Waals surface area contributed by atoms with Crippen molar-refractivity contribution in [3.05, 3.63) is 60.6 Å². The number of anilines is 2. The first kappa shape index (κ1) is 16.2. The fraction of sp³-hybridized carbons (Fsp3) is 0.125. The van der Waals surface area contributed by atoms with Gasteiger partial charge in [-0.15, -0.1) is 6.58 Å². The van der Waals surface area contributed by atoms with E-state index in [9.17, 15) is 9.59 Å². The van der Waals surface area contributed by atoms with E-state index in [0.29, 0.717) is 23.6 Å². The minimum atomic E-state index is -0.430. The Balaban J connectivity index is 2.16. The van der Waals surface area contributed by atoms with Crippen molar-refractivity contribution in [3.63, 3.8) is 0 Å². The Morgan fingerprint density at radius 2 is 2.13 bits per heavy atom. The smallest absolute Gasteiger partial charge is 0.337 e. The van der Waals surface area contributed by atoms with Gasteiger partial charge in [0.15, 0.2) is 0 Å². The van der Waals surface area contributed by atoms with Crippen LogP contribution in [-0.4, -0.2) is 35.5 Å². The number of aromatic nitrogens is 2. The van der Waals surface area contributed by atoms with Crippen molar-refractivity contribution in [2.24, 2.45) is 0 Å². The Morgan fingerprint density at radius 1 is 1.30 bits per heavy atom. The topological polar surface area (TPSA) is 93.2 Å². The van der Waals surface area contributed by atoms with Gasteiger partial charge in [-0.1, -0.05) is 12.1 Å². The number of nitrogens with zero attached hydrogens (tertiary/aromatic N) is 2. The molecular formula is C16H16N4O3. The zero-order valence-electron chi connectivity index (χ0n) is 12.6. The van der Waals surface area contributed by atoms with Crippen molar-refractivity contribution >= 4 is 23.4 Å². The van der Waals surface area contributed by atoms with Crippen LogP contribution in [0.15, 0.2) is 49.3 Å². The highest BCUT2D eigenvalue weighted by Crippen LogP contribution is 2.16. The van der Waals surface area contributed by atoms with Gasteiger partial charge in [-0.05, 0) is 18.2 Å². The summed E-state index contributed by atoms with van der Waals surface area (Å²) in [5, 5.41) is 5.65. The summed E-state index contributed by atoms with van der Waals surface area (Å²) >= 11 is 0. The zero-order valence-corrected chi connectivity index (χ0v) is 12.6. The molecule has 0 aliphatic carbocycles. The van der Waals surface area contributed by atoms with Crippen molar-refractivity contribution in [2.75, 3.05) is 19.0 Å². The molecule has 1 heterocycles. The second-order valence-corrected chi connectivity index (χ2v) is 4.48. The standard InChI is InChI=1S/C16H16N4O3/c1-3-7-17-15(21)13-9-14(19-10-18-13)20-12-6-4-5-11(8-12)16(22)23-2/h3-6,8-10H,1,7H2,2H3,(H,17,21)(H,18,19,20). The van der Waals surface area contributed by atoms with Crippen LogP contribution in [0, 0.1) is 0 Å². The molecule has 0 fully saturated rings. The fourth-order valence-electron chi connectivity index (χ4n) is 1.79. The Bertz CT molecular complexity index is 731. The van der Waals surface area contributed by atoms with Crippen LogP contribution in [0.3, 0.4) is 0 Å². The summed E-state index contributed by atoms with van der Waals surface area (Å²) in [6.45, 7) is 3.89. The van der Waals surface area contributed by atoms with Crippen molar-refractivity contribution in [1.82, 2.24) is 15.3 Å². The largest absolute Gasteiger partial charge is 0.465 e. The van der Waals surface area contributed by atoms with E-state index in [1.165, 1.54) is 19.5 Å². The maximum absolute atomic E-state index is 11.9. The maximum atomic E-state index is 11.9. The molecule has 1 amide bonds. The molecule has 0 aliphatic heterocycles.